The van der Waals surface area contributed by atoms with Crippen molar-refractivity contribution in [3.8, 4) is 0 Å². The van der Waals surface area contributed by atoms with E-state index in [0.717, 1.165) is 31.4 Å². The van der Waals surface area contributed by atoms with Crippen molar-refractivity contribution < 1.29 is 19.1 Å². The lowest BCUT2D eigenvalue weighted by molar-refractivity contribution is -0.132. The van der Waals surface area contributed by atoms with E-state index in [1.165, 1.54) is 16.0 Å². The maximum atomic E-state index is 13.3. The zero-order chi connectivity index (χ0) is 24.0. The molecule has 34 heavy (non-hydrogen) atoms. The van der Waals surface area contributed by atoms with Gasteiger partial charge in [-0.25, -0.2) is 0 Å². The number of hydrogen-bond acceptors (Lipinski definition) is 5. The number of benzene rings is 2. The molecule has 2 aliphatic rings. The van der Waals surface area contributed by atoms with Crippen LogP contribution in [0.3, 0.4) is 0 Å². The minimum Gasteiger partial charge on any atom is -0.507 e. The van der Waals surface area contributed by atoms with Crippen molar-refractivity contribution in [3.63, 3.8) is 0 Å². The Hall–Kier alpha value is -3.80. The van der Waals surface area contributed by atoms with Gasteiger partial charge < -0.3 is 14.4 Å². The smallest absolute Gasteiger partial charge is 0.300 e. The molecule has 1 N–H and O–H groups in total. The highest BCUT2D eigenvalue weighted by Crippen LogP contribution is 2.43. The van der Waals surface area contributed by atoms with E-state index >= 15 is 0 Å². The van der Waals surface area contributed by atoms with E-state index in [-0.39, 0.29) is 11.3 Å². The average Bonchev–Trinajstić information content (AvgIpc) is 3.39. The van der Waals surface area contributed by atoms with Crippen molar-refractivity contribution in [2.24, 2.45) is 0 Å². The van der Waals surface area contributed by atoms with Crippen molar-refractivity contribution in [2.75, 3.05) is 23.9 Å². The van der Waals surface area contributed by atoms with E-state index in [9.17, 15) is 14.7 Å². The van der Waals surface area contributed by atoms with Gasteiger partial charge in [0, 0.05) is 31.0 Å². The monoisotopic (exact) mass is 456 g/mol. The number of hydrogen-bond donors (Lipinski definition) is 1. The standard InChI is InChI=1S/C28H28N2O4/c1-17-8-15-23(34-17)25-24(26(31)20-10-9-18-6-4-5-7-19(18)16-20)27(32)28(33)30(25)22-13-11-21(12-14-22)29(2)3/h8-16,25,31H,4-7H2,1-3H3/b26-24-. The number of carbonyl (C=O) groups excluding carboxylic acids is 2. The maximum Gasteiger partial charge on any atom is 0.300 e. The van der Waals surface area contributed by atoms with Crippen LogP contribution in [-0.2, 0) is 22.4 Å². The predicted octanol–water partition coefficient (Wildman–Crippen LogP) is 5.16. The van der Waals surface area contributed by atoms with Crippen LogP contribution in [0.5, 0.6) is 0 Å². The molecule has 1 aromatic heterocycles. The molecule has 1 saturated heterocycles. The summed E-state index contributed by atoms with van der Waals surface area (Å²) in [6.07, 6.45) is 4.24. The number of amides is 1. The molecule has 2 heterocycles. The Balaban J connectivity index is 1.65. The lowest BCUT2D eigenvalue weighted by Gasteiger charge is -2.24. The Morgan fingerprint density at radius 1 is 0.971 bits per heavy atom. The zero-order valence-corrected chi connectivity index (χ0v) is 19.7. The summed E-state index contributed by atoms with van der Waals surface area (Å²) in [5.74, 6) is -0.467. The van der Waals surface area contributed by atoms with E-state index in [1.54, 1.807) is 12.1 Å². The summed E-state index contributed by atoms with van der Waals surface area (Å²) in [4.78, 5) is 30.0. The van der Waals surface area contributed by atoms with Gasteiger partial charge in [-0.3, -0.25) is 14.5 Å². The van der Waals surface area contributed by atoms with E-state index in [4.69, 9.17) is 4.42 Å². The van der Waals surface area contributed by atoms with Crippen molar-refractivity contribution in [1.82, 2.24) is 0 Å². The molecule has 0 spiro atoms. The van der Waals surface area contributed by atoms with Crippen LogP contribution in [0.1, 0.15) is 47.1 Å². The van der Waals surface area contributed by atoms with Gasteiger partial charge in [0.15, 0.2) is 0 Å². The number of Topliss-reactive ketones (excluding diaryl/α,β-unsaturated/α-hetero) is 1. The molecule has 1 aliphatic heterocycles. The minimum absolute atomic E-state index is 0.0480. The van der Waals surface area contributed by atoms with Gasteiger partial charge in [-0.15, -0.1) is 0 Å². The van der Waals surface area contributed by atoms with Crippen LogP contribution in [-0.4, -0.2) is 30.9 Å². The van der Waals surface area contributed by atoms with Gasteiger partial charge in [0.2, 0.25) is 0 Å². The van der Waals surface area contributed by atoms with Crippen molar-refractivity contribution in [1.29, 1.82) is 0 Å². The fourth-order valence-corrected chi connectivity index (χ4v) is 4.92. The number of anilines is 2. The molecule has 1 atom stereocenters. The molecule has 2 aromatic carbocycles. The Morgan fingerprint density at radius 3 is 2.32 bits per heavy atom. The van der Waals surface area contributed by atoms with Crippen LogP contribution in [0.2, 0.25) is 0 Å². The van der Waals surface area contributed by atoms with Gasteiger partial charge in [0.25, 0.3) is 11.7 Å². The van der Waals surface area contributed by atoms with Gasteiger partial charge in [-0.05, 0) is 86.2 Å². The van der Waals surface area contributed by atoms with Crippen LogP contribution in [0.4, 0.5) is 11.4 Å². The summed E-state index contributed by atoms with van der Waals surface area (Å²) in [6.45, 7) is 1.81. The molecule has 1 unspecified atom stereocenters. The molecule has 1 amide bonds. The van der Waals surface area contributed by atoms with Crippen molar-refractivity contribution >= 4 is 28.8 Å². The van der Waals surface area contributed by atoms with Crippen molar-refractivity contribution in [3.05, 3.63) is 88.4 Å². The number of carbonyl (C=O) groups is 2. The molecule has 1 fully saturated rings. The predicted molar refractivity (Wildman–Crippen MR) is 132 cm³/mol. The van der Waals surface area contributed by atoms with Gasteiger partial charge in [-0.2, -0.15) is 0 Å². The number of nitrogens with zero attached hydrogens (tertiary/aromatic N) is 2. The number of ketones is 1. The largest absolute Gasteiger partial charge is 0.507 e. The van der Waals surface area contributed by atoms with Crippen LogP contribution < -0.4 is 9.80 Å². The number of aryl methyl sites for hydroxylation is 3. The average molecular weight is 457 g/mol. The Kier molecular flexibility index (Phi) is 5.52. The lowest BCUT2D eigenvalue weighted by Crippen LogP contribution is -2.29. The van der Waals surface area contributed by atoms with Gasteiger partial charge in [0.05, 0.1) is 5.57 Å². The van der Waals surface area contributed by atoms with Gasteiger partial charge in [0.1, 0.15) is 23.3 Å². The second-order valence-corrected chi connectivity index (χ2v) is 9.22. The molecule has 1 aliphatic carbocycles. The van der Waals surface area contributed by atoms with Gasteiger partial charge >= 0.3 is 0 Å². The normalized spacial score (nSPS) is 19.4. The molecule has 3 aromatic rings. The first-order valence-corrected chi connectivity index (χ1v) is 11.6. The molecular weight excluding hydrogens is 428 g/mol. The number of aliphatic hydroxyl groups excluding tert-OH is 1. The Bertz CT molecular complexity index is 1300. The molecular formula is C28H28N2O4. The first-order valence-electron chi connectivity index (χ1n) is 11.6. The number of furan rings is 1. The summed E-state index contributed by atoms with van der Waals surface area (Å²) in [5, 5.41) is 11.4. The Morgan fingerprint density at radius 2 is 1.68 bits per heavy atom. The van der Waals surface area contributed by atoms with E-state index in [1.807, 2.05) is 68.4 Å². The lowest BCUT2D eigenvalue weighted by atomic mass is 9.89. The SMILES string of the molecule is Cc1ccc(C2/C(=C(/O)c3ccc4c(c3)CCCC4)C(=O)C(=O)N2c2ccc(N(C)C)cc2)o1. The summed E-state index contributed by atoms with van der Waals surface area (Å²) in [6, 6.07) is 15.9. The van der Waals surface area contributed by atoms with E-state index in [0.29, 0.717) is 22.8 Å². The summed E-state index contributed by atoms with van der Waals surface area (Å²) in [7, 11) is 3.87. The first kappa shape index (κ1) is 22.0. The third-order valence-corrected chi connectivity index (χ3v) is 6.74. The highest BCUT2D eigenvalue weighted by Gasteiger charge is 2.48. The minimum atomic E-state index is -0.852. The highest BCUT2D eigenvalue weighted by atomic mass is 16.3. The van der Waals surface area contributed by atoms with Crippen LogP contribution >= 0.6 is 0 Å². The number of fused-ring (bicyclic) bond motifs is 1. The van der Waals surface area contributed by atoms with E-state index < -0.39 is 17.7 Å². The first-order chi connectivity index (χ1) is 16.3. The summed E-state index contributed by atoms with van der Waals surface area (Å²) >= 11 is 0. The van der Waals surface area contributed by atoms with Crippen LogP contribution in [0.15, 0.2) is 64.6 Å². The number of aliphatic hydroxyl groups is 1. The summed E-state index contributed by atoms with van der Waals surface area (Å²) < 4.78 is 5.88. The maximum absolute atomic E-state index is 13.3. The highest BCUT2D eigenvalue weighted by molar-refractivity contribution is 6.51. The fraction of sp³-hybridized carbons (Fsp3) is 0.286. The second kappa shape index (κ2) is 8.52. The zero-order valence-electron chi connectivity index (χ0n) is 19.7. The topological polar surface area (TPSA) is 74.0 Å². The quantitative estimate of drug-likeness (QED) is 0.334. The van der Waals surface area contributed by atoms with Crippen LogP contribution in [0.25, 0.3) is 5.76 Å². The second-order valence-electron chi connectivity index (χ2n) is 9.22. The molecule has 0 radical (unpaired) electrons. The van der Waals surface area contributed by atoms with Crippen molar-refractivity contribution in [2.45, 2.75) is 38.6 Å². The number of rotatable bonds is 4. The Labute approximate surface area is 199 Å². The summed E-state index contributed by atoms with van der Waals surface area (Å²) in [5.41, 5.74) is 4.61. The van der Waals surface area contributed by atoms with E-state index in [2.05, 4.69) is 0 Å². The molecule has 174 valence electrons. The third kappa shape index (κ3) is 3.69. The van der Waals surface area contributed by atoms with Gasteiger partial charge in [-0.1, -0.05) is 12.1 Å². The molecule has 0 saturated carbocycles. The molecule has 6 nitrogen and oxygen atoms in total. The van der Waals surface area contributed by atoms with Crippen LogP contribution in [0, 0.1) is 6.92 Å². The molecule has 0 bridgehead atoms. The molecule has 5 rings (SSSR count). The third-order valence-electron chi connectivity index (χ3n) is 6.74. The molecule has 6 heteroatoms. The fourth-order valence-electron chi connectivity index (χ4n) is 4.92.